The first-order valence-corrected chi connectivity index (χ1v) is 13.0. The summed E-state index contributed by atoms with van der Waals surface area (Å²) in [6.45, 7) is 7.33. The van der Waals surface area contributed by atoms with Crippen LogP contribution in [0.2, 0.25) is 0 Å². The zero-order chi connectivity index (χ0) is 26.2. The maximum Gasteiger partial charge on any atom is 0.261 e. The van der Waals surface area contributed by atoms with Crippen LogP contribution < -0.4 is 10.3 Å². The molecular formula is C32H33N3O2. The van der Waals surface area contributed by atoms with Crippen LogP contribution in [-0.4, -0.2) is 16.2 Å². The number of nitrogens with zero attached hydrogens (tertiary/aromatic N) is 3. The van der Waals surface area contributed by atoms with E-state index in [1.165, 1.54) is 0 Å². The molecule has 0 aliphatic rings. The van der Waals surface area contributed by atoms with Gasteiger partial charge in [-0.2, -0.15) is 5.26 Å². The van der Waals surface area contributed by atoms with Crippen LogP contribution in [0, 0.1) is 11.3 Å². The third-order valence-corrected chi connectivity index (χ3v) is 6.40. The van der Waals surface area contributed by atoms with Gasteiger partial charge in [-0.15, -0.1) is 0 Å². The average molecular weight is 492 g/mol. The molecule has 1 heterocycles. The number of hydrogen-bond donors (Lipinski definition) is 0. The second-order valence-corrected chi connectivity index (χ2v) is 9.07. The summed E-state index contributed by atoms with van der Waals surface area (Å²) in [5.74, 6) is 1.62. The van der Waals surface area contributed by atoms with Crippen LogP contribution in [0.3, 0.4) is 0 Å². The van der Waals surface area contributed by atoms with Crippen molar-refractivity contribution in [2.24, 2.45) is 0 Å². The molecule has 4 aromatic rings. The highest BCUT2D eigenvalue weighted by Crippen LogP contribution is 2.25. The van der Waals surface area contributed by atoms with Gasteiger partial charge in [0.2, 0.25) is 0 Å². The minimum atomic E-state index is -0.0172. The van der Waals surface area contributed by atoms with Crippen molar-refractivity contribution >= 4 is 0 Å². The molecule has 188 valence electrons. The van der Waals surface area contributed by atoms with E-state index in [0.29, 0.717) is 30.7 Å². The van der Waals surface area contributed by atoms with Crippen LogP contribution in [0.25, 0.3) is 22.3 Å². The van der Waals surface area contributed by atoms with Gasteiger partial charge in [-0.25, -0.2) is 4.98 Å². The Hall–Kier alpha value is -4.17. The van der Waals surface area contributed by atoms with Crippen LogP contribution in [0.5, 0.6) is 5.75 Å². The van der Waals surface area contributed by atoms with Crippen molar-refractivity contribution in [3.8, 4) is 34.1 Å². The first-order chi connectivity index (χ1) is 18.1. The topological polar surface area (TPSA) is 67.9 Å². The van der Waals surface area contributed by atoms with E-state index in [4.69, 9.17) is 9.72 Å². The quantitative estimate of drug-likeness (QED) is 0.245. The molecule has 0 unspecified atom stereocenters. The van der Waals surface area contributed by atoms with Crippen molar-refractivity contribution in [1.82, 2.24) is 9.55 Å². The Balaban J connectivity index is 1.72. The second kappa shape index (κ2) is 12.2. The lowest BCUT2D eigenvalue weighted by molar-refractivity contribution is 0.317. The highest BCUT2D eigenvalue weighted by atomic mass is 16.5. The van der Waals surface area contributed by atoms with E-state index in [0.717, 1.165) is 58.8 Å². The molecular weight excluding hydrogens is 458 g/mol. The number of rotatable bonds is 10. The number of aromatic nitrogens is 2. The highest BCUT2D eigenvalue weighted by Gasteiger charge is 2.18. The molecule has 5 nitrogen and oxygen atoms in total. The minimum Gasteiger partial charge on any atom is -0.494 e. The Morgan fingerprint density at radius 1 is 0.892 bits per heavy atom. The van der Waals surface area contributed by atoms with E-state index in [9.17, 15) is 10.1 Å². The Labute approximate surface area is 219 Å². The second-order valence-electron chi connectivity index (χ2n) is 9.07. The van der Waals surface area contributed by atoms with Gasteiger partial charge in [-0.05, 0) is 59.7 Å². The largest absolute Gasteiger partial charge is 0.494 e. The van der Waals surface area contributed by atoms with Gasteiger partial charge in [0.05, 0.1) is 36.0 Å². The molecule has 0 saturated carbocycles. The van der Waals surface area contributed by atoms with Gasteiger partial charge >= 0.3 is 0 Å². The zero-order valence-electron chi connectivity index (χ0n) is 21.8. The predicted octanol–water partition coefficient (Wildman–Crippen LogP) is 6.80. The van der Waals surface area contributed by atoms with Crippen molar-refractivity contribution in [3.63, 3.8) is 0 Å². The fourth-order valence-electron chi connectivity index (χ4n) is 4.51. The van der Waals surface area contributed by atoms with Gasteiger partial charge in [-0.1, -0.05) is 75.4 Å². The van der Waals surface area contributed by atoms with E-state index in [1.807, 2.05) is 84.3 Å². The molecule has 0 saturated heterocycles. The van der Waals surface area contributed by atoms with Crippen molar-refractivity contribution in [1.29, 1.82) is 5.26 Å². The average Bonchev–Trinajstić information content (AvgIpc) is 2.94. The molecule has 5 heteroatoms. The summed E-state index contributed by atoms with van der Waals surface area (Å²) in [5, 5.41) is 9.45. The summed E-state index contributed by atoms with van der Waals surface area (Å²) in [4.78, 5) is 18.9. The monoisotopic (exact) mass is 491 g/mol. The lowest BCUT2D eigenvalue weighted by atomic mass is 9.99. The molecule has 0 aliphatic carbocycles. The number of nitriles is 1. The van der Waals surface area contributed by atoms with Gasteiger partial charge in [-0.3, -0.25) is 9.36 Å². The Morgan fingerprint density at radius 3 is 2.24 bits per heavy atom. The van der Waals surface area contributed by atoms with E-state index in [-0.39, 0.29) is 5.56 Å². The summed E-state index contributed by atoms with van der Waals surface area (Å²) >= 11 is 0. The Kier molecular flexibility index (Phi) is 8.53. The molecule has 4 rings (SSSR count). The predicted molar refractivity (Wildman–Crippen MR) is 149 cm³/mol. The van der Waals surface area contributed by atoms with Crippen molar-refractivity contribution in [2.45, 2.75) is 53.0 Å². The maximum absolute atomic E-state index is 13.9. The molecule has 3 aromatic carbocycles. The SMILES string of the molecule is CCCOc1ccc(-c2c(CC)nc(CCC)n(Cc3ccc(-c4ccccc4C#N)cc3)c2=O)cc1. The summed E-state index contributed by atoms with van der Waals surface area (Å²) in [6.07, 6.45) is 3.27. The number of aryl methyl sites for hydroxylation is 2. The third kappa shape index (κ3) is 5.81. The molecule has 0 aliphatic heterocycles. The molecule has 1 aromatic heterocycles. The normalized spacial score (nSPS) is 10.8. The van der Waals surface area contributed by atoms with Gasteiger partial charge < -0.3 is 4.74 Å². The molecule has 0 radical (unpaired) electrons. The molecule has 0 bridgehead atoms. The zero-order valence-corrected chi connectivity index (χ0v) is 21.8. The first kappa shape index (κ1) is 25.9. The Morgan fingerprint density at radius 2 is 1.59 bits per heavy atom. The lowest BCUT2D eigenvalue weighted by Crippen LogP contribution is -2.29. The third-order valence-electron chi connectivity index (χ3n) is 6.40. The summed E-state index contributed by atoms with van der Waals surface area (Å²) in [6, 6.07) is 25.7. The Bertz CT molecular complexity index is 1450. The van der Waals surface area contributed by atoms with E-state index in [1.54, 1.807) is 0 Å². The summed E-state index contributed by atoms with van der Waals surface area (Å²) in [7, 11) is 0. The van der Waals surface area contributed by atoms with E-state index in [2.05, 4.69) is 19.9 Å². The van der Waals surface area contributed by atoms with Crippen molar-refractivity contribution in [3.05, 3.63) is 106 Å². The van der Waals surface area contributed by atoms with Gasteiger partial charge in [0.25, 0.3) is 5.56 Å². The standard InChI is InChI=1S/C32H33N3O2/c1-4-9-30-34-29(6-3)31(25-16-18-27(19-17-25)37-20-5-2)32(36)35(30)22-23-12-14-24(15-13-23)28-11-8-7-10-26(28)21-33/h7-8,10-19H,4-6,9,20,22H2,1-3H3. The van der Waals surface area contributed by atoms with Crippen LogP contribution in [-0.2, 0) is 19.4 Å². The number of ether oxygens (including phenoxy) is 1. The number of benzene rings is 3. The van der Waals surface area contributed by atoms with Crippen LogP contribution in [0.1, 0.15) is 56.3 Å². The molecule has 0 N–H and O–H groups in total. The highest BCUT2D eigenvalue weighted by molar-refractivity contribution is 5.70. The maximum atomic E-state index is 13.9. The summed E-state index contributed by atoms with van der Waals surface area (Å²) < 4.78 is 7.54. The minimum absolute atomic E-state index is 0.0172. The van der Waals surface area contributed by atoms with Gasteiger partial charge in [0.15, 0.2) is 0 Å². The van der Waals surface area contributed by atoms with Gasteiger partial charge in [0.1, 0.15) is 11.6 Å². The van der Waals surface area contributed by atoms with Crippen LogP contribution >= 0.6 is 0 Å². The molecule has 0 fully saturated rings. The molecule has 37 heavy (non-hydrogen) atoms. The van der Waals surface area contributed by atoms with E-state index >= 15 is 0 Å². The van der Waals surface area contributed by atoms with Crippen LogP contribution in [0.15, 0.2) is 77.6 Å². The molecule has 0 atom stereocenters. The number of hydrogen-bond acceptors (Lipinski definition) is 4. The first-order valence-electron chi connectivity index (χ1n) is 13.0. The molecule has 0 spiro atoms. The van der Waals surface area contributed by atoms with E-state index < -0.39 is 0 Å². The van der Waals surface area contributed by atoms with Gasteiger partial charge in [0, 0.05) is 6.42 Å². The smallest absolute Gasteiger partial charge is 0.261 e. The fraction of sp³-hybridized carbons (Fsp3) is 0.281. The lowest BCUT2D eigenvalue weighted by Gasteiger charge is -2.17. The summed E-state index contributed by atoms with van der Waals surface area (Å²) in [5.41, 5.74) is 5.87. The molecule has 0 amide bonds. The van der Waals surface area contributed by atoms with Crippen molar-refractivity contribution in [2.75, 3.05) is 6.61 Å². The fourth-order valence-corrected chi connectivity index (χ4v) is 4.51. The van der Waals surface area contributed by atoms with Crippen molar-refractivity contribution < 1.29 is 4.74 Å². The van der Waals surface area contributed by atoms with Crippen LogP contribution in [0.4, 0.5) is 0 Å².